The van der Waals surface area contributed by atoms with Crippen LogP contribution in [-0.2, 0) is 10.3 Å². The topological polar surface area (TPSA) is 35.0 Å². The van der Waals surface area contributed by atoms with E-state index in [0.717, 1.165) is 0 Å². The smallest absolute Gasteiger partial charge is 0.258 e. The molecule has 0 saturated carbocycles. The van der Waals surface area contributed by atoms with Gasteiger partial charge in [-0.25, -0.2) is 9.97 Å². The lowest BCUT2D eigenvalue weighted by Gasteiger charge is -2.21. The monoisotopic (exact) mass is 150 g/mol. The molecular formula is C7H11BN2O. The molecule has 58 valence electrons. The van der Waals surface area contributed by atoms with Gasteiger partial charge in [0, 0.05) is 12.4 Å². The van der Waals surface area contributed by atoms with Crippen LogP contribution < -0.4 is 0 Å². The summed E-state index contributed by atoms with van der Waals surface area (Å²) in [6.45, 7) is 3.87. The summed E-state index contributed by atoms with van der Waals surface area (Å²) in [5.41, 5.74) is -0.388. The SMILES string of the molecule is BOC(C)(C)c1ncccn1. The van der Waals surface area contributed by atoms with Gasteiger partial charge >= 0.3 is 0 Å². The molecule has 0 spiro atoms. The summed E-state index contributed by atoms with van der Waals surface area (Å²) in [7, 11) is 1.65. The van der Waals surface area contributed by atoms with Crippen LogP contribution in [0.2, 0.25) is 0 Å². The van der Waals surface area contributed by atoms with Gasteiger partial charge in [0.25, 0.3) is 8.05 Å². The van der Waals surface area contributed by atoms with E-state index in [-0.39, 0.29) is 5.60 Å². The van der Waals surface area contributed by atoms with E-state index in [9.17, 15) is 0 Å². The molecule has 0 saturated heterocycles. The van der Waals surface area contributed by atoms with E-state index in [1.807, 2.05) is 13.8 Å². The van der Waals surface area contributed by atoms with Crippen molar-refractivity contribution in [2.75, 3.05) is 0 Å². The maximum Gasteiger partial charge on any atom is 0.258 e. The molecule has 0 aromatic carbocycles. The largest absolute Gasteiger partial charge is 0.433 e. The minimum Gasteiger partial charge on any atom is -0.433 e. The number of aromatic nitrogens is 2. The molecule has 0 atom stereocenters. The molecule has 1 rings (SSSR count). The van der Waals surface area contributed by atoms with Crippen LogP contribution in [0.5, 0.6) is 0 Å². The Bertz CT molecular complexity index is 225. The zero-order valence-electron chi connectivity index (χ0n) is 7.03. The Balaban J connectivity index is 2.93. The summed E-state index contributed by atoms with van der Waals surface area (Å²) >= 11 is 0. The maximum absolute atomic E-state index is 5.20. The fraction of sp³-hybridized carbons (Fsp3) is 0.429. The molecule has 0 aliphatic rings. The van der Waals surface area contributed by atoms with Gasteiger partial charge in [0.1, 0.15) is 5.60 Å². The van der Waals surface area contributed by atoms with Gasteiger partial charge in [0.05, 0.1) is 0 Å². The highest BCUT2D eigenvalue weighted by atomic mass is 16.4. The van der Waals surface area contributed by atoms with E-state index in [4.69, 9.17) is 4.65 Å². The Labute approximate surface area is 67.3 Å². The lowest BCUT2D eigenvalue weighted by molar-refractivity contribution is 0.112. The van der Waals surface area contributed by atoms with Gasteiger partial charge in [-0.3, -0.25) is 0 Å². The zero-order chi connectivity index (χ0) is 8.32. The molecule has 1 aromatic rings. The molecule has 0 N–H and O–H groups in total. The van der Waals surface area contributed by atoms with Crippen molar-refractivity contribution in [3.8, 4) is 0 Å². The first-order valence-electron chi connectivity index (χ1n) is 3.49. The minimum atomic E-state index is -0.388. The third-order valence-electron chi connectivity index (χ3n) is 1.61. The van der Waals surface area contributed by atoms with Gasteiger partial charge in [0.2, 0.25) is 0 Å². The second kappa shape index (κ2) is 3.01. The summed E-state index contributed by atoms with van der Waals surface area (Å²) in [4.78, 5) is 8.17. The first-order chi connectivity index (χ1) is 5.17. The van der Waals surface area contributed by atoms with Gasteiger partial charge in [-0.05, 0) is 19.9 Å². The Morgan fingerprint density at radius 3 is 2.36 bits per heavy atom. The minimum absolute atomic E-state index is 0.388. The van der Waals surface area contributed by atoms with Crippen LogP contribution in [0, 0.1) is 0 Å². The van der Waals surface area contributed by atoms with Crippen molar-refractivity contribution in [2.24, 2.45) is 0 Å². The maximum atomic E-state index is 5.20. The molecule has 0 aliphatic heterocycles. The average molecular weight is 150 g/mol. The van der Waals surface area contributed by atoms with E-state index in [1.165, 1.54) is 0 Å². The molecule has 0 aliphatic carbocycles. The van der Waals surface area contributed by atoms with E-state index in [0.29, 0.717) is 5.82 Å². The van der Waals surface area contributed by atoms with Crippen molar-refractivity contribution < 1.29 is 4.65 Å². The van der Waals surface area contributed by atoms with Crippen molar-refractivity contribution in [3.63, 3.8) is 0 Å². The van der Waals surface area contributed by atoms with E-state index < -0.39 is 0 Å². The van der Waals surface area contributed by atoms with Gasteiger partial charge in [-0.2, -0.15) is 0 Å². The van der Waals surface area contributed by atoms with Gasteiger partial charge in [-0.15, -0.1) is 0 Å². The third kappa shape index (κ3) is 1.77. The van der Waals surface area contributed by atoms with Crippen molar-refractivity contribution in [1.82, 2.24) is 9.97 Å². The van der Waals surface area contributed by atoms with Crippen LogP contribution in [-0.4, -0.2) is 18.0 Å². The summed E-state index contributed by atoms with van der Waals surface area (Å²) in [5.74, 6) is 0.711. The highest BCUT2D eigenvalue weighted by Gasteiger charge is 2.20. The molecule has 11 heavy (non-hydrogen) atoms. The molecule has 0 unspecified atom stereocenters. The van der Waals surface area contributed by atoms with Crippen molar-refractivity contribution in [1.29, 1.82) is 0 Å². The Morgan fingerprint density at radius 1 is 1.36 bits per heavy atom. The van der Waals surface area contributed by atoms with E-state index >= 15 is 0 Å². The molecule has 3 nitrogen and oxygen atoms in total. The van der Waals surface area contributed by atoms with Crippen molar-refractivity contribution >= 4 is 8.05 Å². The van der Waals surface area contributed by atoms with Gasteiger partial charge in [-0.1, -0.05) is 0 Å². The molecule has 4 heteroatoms. The summed E-state index contributed by atoms with van der Waals surface area (Å²) in [5, 5.41) is 0. The van der Waals surface area contributed by atoms with E-state index in [2.05, 4.69) is 9.97 Å². The number of hydrogen-bond donors (Lipinski definition) is 0. The fourth-order valence-electron chi connectivity index (χ4n) is 0.701. The van der Waals surface area contributed by atoms with Crippen LogP contribution in [0.3, 0.4) is 0 Å². The van der Waals surface area contributed by atoms with Crippen LogP contribution in [0.4, 0.5) is 0 Å². The molecule has 0 bridgehead atoms. The van der Waals surface area contributed by atoms with Crippen molar-refractivity contribution in [3.05, 3.63) is 24.3 Å². The lowest BCUT2D eigenvalue weighted by atomic mass is 10.1. The lowest BCUT2D eigenvalue weighted by Crippen LogP contribution is -2.23. The number of nitrogens with zero attached hydrogens (tertiary/aromatic N) is 2. The van der Waals surface area contributed by atoms with Gasteiger partial charge in [0.15, 0.2) is 5.82 Å². The number of rotatable bonds is 2. The molecule has 0 fully saturated rings. The van der Waals surface area contributed by atoms with Crippen LogP contribution in [0.15, 0.2) is 18.5 Å². The van der Waals surface area contributed by atoms with E-state index in [1.54, 1.807) is 26.5 Å². The van der Waals surface area contributed by atoms with Crippen LogP contribution in [0.25, 0.3) is 0 Å². The first-order valence-corrected chi connectivity index (χ1v) is 3.49. The number of hydrogen-bond acceptors (Lipinski definition) is 3. The molecule has 0 amide bonds. The third-order valence-corrected chi connectivity index (χ3v) is 1.61. The molecule has 1 heterocycles. The van der Waals surface area contributed by atoms with Gasteiger partial charge < -0.3 is 4.65 Å². The van der Waals surface area contributed by atoms with Crippen LogP contribution >= 0.6 is 0 Å². The van der Waals surface area contributed by atoms with Crippen molar-refractivity contribution in [2.45, 2.75) is 19.4 Å². The average Bonchev–Trinajstić information content (AvgIpc) is 2.06. The highest BCUT2D eigenvalue weighted by molar-refractivity contribution is 5.98. The summed E-state index contributed by atoms with van der Waals surface area (Å²) in [6, 6.07) is 1.79. The predicted molar refractivity (Wildman–Crippen MR) is 44.7 cm³/mol. The second-order valence-corrected chi connectivity index (χ2v) is 2.79. The quantitative estimate of drug-likeness (QED) is 0.567. The first kappa shape index (κ1) is 8.20. The Hall–Kier alpha value is -0.895. The highest BCUT2D eigenvalue weighted by Crippen LogP contribution is 2.17. The second-order valence-electron chi connectivity index (χ2n) is 2.79. The summed E-state index contributed by atoms with van der Waals surface area (Å²) < 4.78 is 5.20. The van der Waals surface area contributed by atoms with Crippen LogP contribution in [0.1, 0.15) is 19.7 Å². The predicted octanol–water partition coefficient (Wildman–Crippen LogP) is 0.276. The Morgan fingerprint density at radius 2 is 1.91 bits per heavy atom. The Kier molecular flexibility index (Phi) is 2.24. The standard InChI is InChI=1S/C7H11BN2O/c1-7(2,11-8)6-9-4-3-5-10-6/h3-5H,8H2,1-2H3. The molecule has 1 aromatic heterocycles. The molecule has 0 radical (unpaired) electrons. The molecular weight excluding hydrogens is 139 g/mol. The fourth-order valence-corrected chi connectivity index (χ4v) is 0.701. The zero-order valence-corrected chi connectivity index (χ0v) is 7.03. The summed E-state index contributed by atoms with van der Waals surface area (Å²) in [6.07, 6.45) is 3.42. The normalized spacial score (nSPS) is 11.5.